The van der Waals surface area contributed by atoms with Crippen LogP contribution in [-0.2, 0) is 9.53 Å². The van der Waals surface area contributed by atoms with Gasteiger partial charge in [-0.2, -0.15) is 0 Å². The molecule has 0 N–H and O–H groups in total. The average Bonchev–Trinajstić information content (AvgIpc) is 2.37. The Morgan fingerprint density at radius 1 is 1.11 bits per heavy atom. The van der Waals surface area contributed by atoms with Crippen LogP contribution in [0.4, 0.5) is 0 Å². The summed E-state index contributed by atoms with van der Waals surface area (Å²) >= 11 is 0. The second kappa shape index (κ2) is 9.69. The topological polar surface area (TPSA) is 26.3 Å². The third-order valence-electron chi connectivity index (χ3n) is 2.99. The molecule has 2 heteroatoms. The van der Waals surface area contributed by atoms with Gasteiger partial charge in [0.2, 0.25) is 0 Å². The van der Waals surface area contributed by atoms with Crippen LogP contribution in [-0.4, -0.2) is 12.6 Å². The predicted molar refractivity (Wildman–Crippen MR) is 77.4 cm³/mol. The fourth-order valence-electron chi connectivity index (χ4n) is 1.28. The van der Waals surface area contributed by atoms with E-state index >= 15 is 0 Å². The molecule has 0 aromatic rings. The van der Waals surface area contributed by atoms with Crippen molar-refractivity contribution in [2.24, 2.45) is 0 Å². The van der Waals surface area contributed by atoms with E-state index in [1.54, 1.807) is 13.0 Å². The van der Waals surface area contributed by atoms with Gasteiger partial charge in [0.25, 0.3) is 0 Å². The Morgan fingerprint density at radius 3 is 2.33 bits per heavy atom. The van der Waals surface area contributed by atoms with Crippen LogP contribution in [0.5, 0.6) is 0 Å². The molecule has 0 aliphatic rings. The van der Waals surface area contributed by atoms with Crippen molar-refractivity contribution in [2.45, 2.75) is 53.9 Å². The predicted octanol–water partition coefficient (Wildman–Crippen LogP) is 4.58. The number of carbonyl (C=O) groups excluding carboxylic acids is 1. The first-order valence-electron chi connectivity index (χ1n) is 6.62. The molecule has 0 aliphatic heterocycles. The SMILES string of the molecule is C/C=C(\C)C(=O)OC/C=C(\C)CCC=C(C)CC. The molecule has 0 radical (unpaired) electrons. The highest BCUT2D eigenvalue weighted by atomic mass is 16.5. The monoisotopic (exact) mass is 250 g/mol. The average molecular weight is 250 g/mol. The van der Waals surface area contributed by atoms with E-state index in [1.165, 1.54) is 11.1 Å². The highest BCUT2D eigenvalue weighted by Gasteiger charge is 2.02. The van der Waals surface area contributed by atoms with E-state index in [0.717, 1.165) is 19.3 Å². The first kappa shape index (κ1) is 16.7. The Bertz CT molecular complexity index is 346. The largest absolute Gasteiger partial charge is 0.458 e. The molecule has 0 aromatic heterocycles. The Hall–Kier alpha value is -1.31. The fraction of sp³-hybridized carbons (Fsp3) is 0.562. The Labute approximate surface area is 111 Å². The molecule has 2 nitrogen and oxygen atoms in total. The van der Waals surface area contributed by atoms with Crippen molar-refractivity contribution < 1.29 is 9.53 Å². The van der Waals surface area contributed by atoms with Crippen molar-refractivity contribution in [3.8, 4) is 0 Å². The Kier molecular flexibility index (Phi) is 8.99. The van der Waals surface area contributed by atoms with Gasteiger partial charge < -0.3 is 4.74 Å². The van der Waals surface area contributed by atoms with Gasteiger partial charge in [-0.15, -0.1) is 0 Å². The molecule has 102 valence electrons. The van der Waals surface area contributed by atoms with Crippen LogP contribution in [0.25, 0.3) is 0 Å². The molecule has 0 atom stereocenters. The maximum Gasteiger partial charge on any atom is 0.333 e. The highest BCUT2D eigenvalue weighted by Crippen LogP contribution is 2.08. The molecule has 0 spiro atoms. The number of allylic oxidation sites excluding steroid dienone is 4. The van der Waals surface area contributed by atoms with E-state index in [9.17, 15) is 4.79 Å². The van der Waals surface area contributed by atoms with E-state index in [4.69, 9.17) is 4.74 Å². The van der Waals surface area contributed by atoms with Gasteiger partial charge in [-0.1, -0.05) is 30.2 Å². The van der Waals surface area contributed by atoms with Gasteiger partial charge in [-0.05, 0) is 53.0 Å². The quantitative estimate of drug-likeness (QED) is 0.375. The zero-order valence-corrected chi connectivity index (χ0v) is 12.4. The minimum atomic E-state index is -0.233. The van der Waals surface area contributed by atoms with Crippen molar-refractivity contribution in [1.29, 1.82) is 0 Å². The molecule has 0 bridgehead atoms. The Morgan fingerprint density at radius 2 is 1.78 bits per heavy atom. The van der Waals surface area contributed by atoms with Crippen LogP contribution in [0, 0.1) is 0 Å². The van der Waals surface area contributed by atoms with Gasteiger partial charge in [0.1, 0.15) is 6.61 Å². The second-order valence-corrected chi connectivity index (χ2v) is 4.56. The molecule has 0 heterocycles. The van der Waals surface area contributed by atoms with Gasteiger partial charge in [0.05, 0.1) is 0 Å². The zero-order chi connectivity index (χ0) is 14.0. The maximum atomic E-state index is 11.4. The van der Waals surface area contributed by atoms with Crippen molar-refractivity contribution >= 4 is 5.97 Å². The first-order valence-corrected chi connectivity index (χ1v) is 6.62. The third-order valence-corrected chi connectivity index (χ3v) is 2.99. The highest BCUT2D eigenvalue weighted by molar-refractivity contribution is 5.87. The summed E-state index contributed by atoms with van der Waals surface area (Å²) in [7, 11) is 0. The van der Waals surface area contributed by atoms with Crippen molar-refractivity contribution in [3.63, 3.8) is 0 Å². The summed E-state index contributed by atoms with van der Waals surface area (Å²) in [5.41, 5.74) is 3.35. The molecule has 0 amide bonds. The normalized spacial score (nSPS) is 13.7. The van der Waals surface area contributed by atoms with Crippen LogP contribution < -0.4 is 0 Å². The van der Waals surface area contributed by atoms with Crippen LogP contribution >= 0.6 is 0 Å². The van der Waals surface area contributed by atoms with Crippen molar-refractivity contribution in [1.82, 2.24) is 0 Å². The molecule has 0 saturated heterocycles. The minimum Gasteiger partial charge on any atom is -0.458 e. The van der Waals surface area contributed by atoms with E-state index < -0.39 is 0 Å². The lowest BCUT2D eigenvalue weighted by Crippen LogP contribution is -2.05. The summed E-state index contributed by atoms with van der Waals surface area (Å²) in [6, 6.07) is 0. The molecular formula is C16H26O2. The molecule has 0 unspecified atom stereocenters. The van der Waals surface area contributed by atoms with E-state index in [0.29, 0.717) is 12.2 Å². The number of ether oxygens (including phenoxy) is 1. The third kappa shape index (κ3) is 7.88. The minimum absolute atomic E-state index is 0.233. The second-order valence-electron chi connectivity index (χ2n) is 4.56. The summed E-state index contributed by atoms with van der Waals surface area (Å²) in [6.07, 6.45) is 9.21. The molecule has 0 aliphatic carbocycles. The molecule has 0 rings (SSSR count). The van der Waals surface area contributed by atoms with Crippen LogP contribution in [0.15, 0.2) is 34.9 Å². The van der Waals surface area contributed by atoms with Gasteiger partial charge in [-0.3, -0.25) is 0 Å². The summed E-state index contributed by atoms with van der Waals surface area (Å²) in [5, 5.41) is 0. The van der Waals surface area contributed by atoms with Crippen molar-refractivity contribution in [3.05, 3.63) is 34.9 Å². The van der Waals surface area contributed by atoms with Crippen LogP contribution in [0.1, 0.15) is 53.9 Å². The zero-order valence-electron chi connectivity index (χ0n) is 12.4. The van der Waals surface area contributed by atoms with Crippen LogP contribution in [0.2, 0.25) is 0 Å². The van der Waals surface area contributed by atoms with Gasteiger partial charge >= 0.3 is 5.97 Å². The molecule has 18 heavy (non-hydrogen) atoms. The lowest BCUT2D eigenvalue weighted by Gasteiger charge is -2.03. The summed E-state index contributed by atoms with van der Waals surface area (Å²) in [6.45, 7) is 10.4. The maximum absolute atomic E-state index is 11.4. The van der Waals surface area contributed by atoms with Crippen molar-refractivity contribution in [2.75, 3.05) is 6.61 Å². The molecule has 0 saturated carbocycles. The molecular weight excluding hydrogens is 224 g/mol. The van der Waals surface area contributed by atoms with Gasteiger partial charge in [0.15, 0.2) is 0 Å². The molecule has 0 fully saturated rings. The number of rotatable bonds is 7. The number of esters is 1. The smallest absolute Gasteiger partial charge is 0.333 e. The summed E-state index contributed by atoms with van der Waals surface area (Å²) in [5.74, 6) is -0.233. The van der Waals surface area contributed by atoms with E-state index in [-0.39, 0.29) is 5.97 Å². The first-order chi connectivity index (χ1) is 8.51. The Balaban J connectivity index is 3.95. The lowest BCUT2D eigenvalue weighted by molar-refractivity contribution is -0.137. The lowest BCUT2D eigenvalue weighted by atomic mass is 10.1. The number of hydrogen-bond donors (Lipinski definition) is 0. The van der Waals surface area contributed by atoms with Crippen LogP contribution in [0.3, 0.4) is 0 Å². The summed E-state index contributed by atoms with van der Waals surface area (Å²) < 4.78 is 5.11. The number of carbonyl (C=O) groups is 1. The fourth-order valence-corrected chi connectivity index (χ4v) is 1.28. The summed E-state index contributed by atoms with van der Waals surface area (Å²) in [4.78, 5) is 11.4. The van der Waals surface area contributed by atoms with Gasteiger partial charge in [-0.25, -0.2) is 4.79 Å². The van der Waals surface area contributed by atoms with E-state index in [1.807, 2.05) is 13.0 Å². The molecule has 0 aromatic carbocycles. The number of hydrogen-bond acceptors (Lipinski definition) is 2. The van der Waals surface area contributed by atoms with E-state index in [2.05, 4.69) is 26.8 Å². The standard InChI is InChI=1S/C16H26O2/c1-6-13(3)9-8-10-14(4)11-12-18-16(17)15(5)7-2/h7,9,11H,6,8,10,12H2,1-5H3/b13-9?,14-11+,15-7+. The van der Waals surface area contributed by atoms with Gasteiger partial charge in [0, 0.05) is 5.57 Å².